The van der Waals surface area contributed by atoms with Crippen molar-refractivity contribution < 1.29 is 0 Å². The number of anilines is 2. The fourth-order valence-electron chi connectivity index (χ4n) is 4.63. The standard InChI is InChI=1S/C26H29N3/c1-19-10-12-22(13-11-19)26(14-15-26)20(2)27-24-18-21-8-4-5-9-23(21)25(28-24)29-16-6-3-7-17-29/h4-5,8-13,18H,2-3,6-7,14-17H2,1H3,(H,27,28). The van der Waals surface area contributed by atoms with E-state index in [1.54, 1.807) is 0 Å². The van der Waals surface area contributed by atoms with Crippen molar-refractivity contribution in [1.82, 2.24) is 4.98 Å². The molecule has 3 nitrogen and oxygen atoms in total. The van der Waals surface area contributed by atoms with Gasteiger partial charge in [0.25, 0.3) is 0 Å². The average molecular weight is 384 g/mol. The van der Waals surface area contributed by atoms with Gasteiger partial charge in [-0.3, -0.25) is 0 Å². The first-order chi connectivity index (χ1) is 14.2. The van der Waals surface area contributed by atoms with Crippen molar-refractivity contribution >= 4 is 22.4 Å². The summed E-state index contributed by atoms with van der Waals surface area (Å²) in [4.78, 5) is 7.52. The molecule has 3 heteroatoms. The molecule has 2 aliphatic rings. The summed E-state index contributed by atoms with van der Waals surface area (Å²) in [5.74, 6) is 2.02. The minimum Gasteiger partial charge on any atom is -0.356 e. The molecular formula is C26H29N3. The molecule has 0 unspecified atom stereocenters. The van der Waals surface area contributed by atoms with E-state index in [0.717, 1.165) is 43.3 Å². The number of piperidine rings is 1. The molecule has 0 bridgehead atoms. The van der Waals surface area contributed by atoms with E-state index in [0.29, 0.717) is 0 Å². The van der Waals surface area contributed by atoms with Crippen molar-refractivity contribution in [1.29, 1.82) is 0 Å². The van der Waals surface area contributed by atoms with Gasteiger partial charge in [-0.05, 0) is 56.0 Å². The highest BCUT2D eigenvalue weighted by molar-refractivity contribution is 5.94. The predicted molar refractivity (Wildman–Crippen MR) is 123 cm³/mol. The smallest absolute Gasteiger partial charge is 0.138 e. The van der Waals surface area contributed by atoms with Gasteiger partial charge in [0.15, 0.2) is 0 Å². The Labute approximate surface area is 173 Å². The largest absolute Gasteiger partial charge is 0.356 e. The first-order valence-electron chi connectivity index (χ1n) is 10.8. The number of nitrogens with one attached hydrogen (secondary N) is 1. The quantitative estimate of drug-likeness (QED) is 0.569. The number of benzene rings is 2. The van der Waals surface area contributed by atoms with Crippen molar-refractivity contribution in [2.45, 2.75) is 44.4 Å². The molecule has 2 heterocycles. The molecule has 1 aliphatic heterocycles. The maximum Gasteiger partial charge on any atom is 0.138 e. The fraction of sp³-hybridized carbons (Fsp3) is 0.346. The van der Waals surface area contributed by atoms with E-state index >= 15 is 0 Å². The normalized spacial score (nSPS) is 17.9. The number of nitrogens with zero attached hydrogens (tertiary/aromatic N) is 2. The molecule has 1 N–H and O–H groups in total. The number of rotatable bonds is 5. The zero-order valence-corrected chi connectivity index (χ0v) is 17.2. The lowest BCUT2D eigenvalue weighted by molar-refractivity contribution is 0.575. The summed E-state index contributed by atoms with van der Waals surface area (Å²) >= 11 is 0. The number of aryl methyl sites for hydroxylation is 1. The summed E-state index contributed by atoms with van der Waals surface area (Å²) in [5, 5.41) is 6.07. The number of hydrogen-bond acceptors (Lipinski definition) is 3. The first-order valence-corrected chi connectivity index (χ1v) is 10.8. The minimum absolute atomic E-state index is 0.0479. The van der Waals surface area contributed by atoms with Crippen molar-refractivity contribution in [2.24, 2.45) is 0 Å². The van der Waals surface area contributed by atoms with Crippen LogP contribution in [0, 0.1) is 6.92 Å². The van der Waals surface area contributed by atoms with Crippen LogP contribution >= 0.6 is 0 Å². The third-order valence-electron chi connectivity index (χ3n) is 6.59. The Morgan fingerprint density at radius 2 is 1.72 bits per heavy atom. The molecule has 5 rings (SSSR count). The maximum absolute atomic E-state index is 5.07. The Balaban J connectivity index is 1.47. The number of allylic oxidation sites excluding steroid dienone is 1. The van der Waals surface area contributed by atoms with E-state index in [4.69, 9.17) is 4.98 Å². The van der Waals surface area contributed by atoms with Crippen LogP contribution in [0.25, 0.3) is 10.8 Å². The minimum atomic E-state index is 0.0479. The SMILES string of the molecule is C=C(Nc1cc2ccccc2c(N2CCCCC2)n1)C1(c2ccc(C)cc2)CC1. The van der Waals surface area contributed by atoms with E-state index in [9.17, 15) is 0 Å². The van der Waals surface area contributed by atoms with E-state index in [1.807, 2.05) is 0 Å². The van der Waals surface area contributed by atoms with Crippen molar-refractivity contribution in [3.63, 3.8) is 0 Å². The van der Waals surface area contributed by atoms with E-state index in [1.165, 1.54) is 41.2 Å². The molecule has 3 aromatic rings. The van der Waals surface area contributed by atoms with Gasteiger partial charge in [-0.15, -0.1) is 0 Å². The second kappa shape index (κ2) is 7.22. The van der Waals surface area contributed by atoms with Gasteiger partial charge in [0.1, 0.15) is 11.6 Å². The van der Waals surface area contributed by atoms with Crippen LogP contribution in [0.1, 0.15) is 43.2 Å². The van der Waals surface area contributed by atoms with Crippen LogP contribution in [-0.4, -0.2) is 18.1 Å². The molecule has 0 spiro atoms. The number of hydrogen-bond donors (Lipinski definition) is 1. The van der Waals surface area contributed by atoms with Gasteiger partial charge in [-0.2, -0.15) is 0 Å². The molecule has 1 saturated carbocycles. The predicted octanol–water partition coefficient (Wildman–Crippen LogP) is 6.19. The Hall–Kier alpha value is -2.81. The first kappa shape index (κ1) is 18.2. The highest BCUT2D eigenvalue weighted by atomic mass is 15.2. The van der Waals surface area contributed by atoms with E-state index in [2.05, 4.69) is 78.3 Å². The van der Waals surface area contributed by atoms with Gasteiger partial charge in [0.05, 0.1) is 0 Å². The highest BCUT2D eigenvalue weighted by Gasteiger charge is 2.47. The summed E-state index contributed by atoms with van der Waals surface area (Å²) in [6.45, 7) is 8.76. The zero-order valence-electron chi connectivity index (χ0n) is 17.2. The summed E-state index contributed by atoms with van der Waals surface area (Å²) in [5.41, 5.74) is 3.77. The fourth-order valence-corrected chi connectivity index (χ4v) is 4.63. The molecule has 29 heavy (non-hydrogen) atoms. The summed E-state index contributed by atoms with van der Waals surface area (Å²) in [7, 11) is 0. The summed E-state index contributed by atoms with van der Waals surface area (Å²) < 4.78 is 0. The Bertz CT molecular complexity index is 1040. The number of pyridine rings is 1. The third-order valence-corrected chi connectivity index (χ3v) is 6.59. The lowest BCUT2D eigenvalue weighted by Crippen LogP contribution is -2.30. The number of fused-ring (bicyclic) bond motifs is 1. The molecule has 0 amide bonds. The van der Waals surface area contributed by atoms with Gasteiger partial charge >= 0.3 is 0 Å². The maximum atomic E-state index is 5.07. The Morgan fingerprint density at radius 1 is 1.00 bits per heavy atom. The van der Waals surface area contributed by atoms with Crippen LogP contribution in [0.5, 0.6) is 0 Å². The third kappa shape index (κ3) is 3.39. The van der Waals surface area contributed by atoms with Gasteiger partial charge < -0.3 is 10.2 Å². The molecule has 0 radical (unpaired) electrons. The van der Waals surface area contributed by atoms with Crippen molar-refractivity contribution in [3.8, 4) is 0 Å². The topological polar surface area (TPSA) is 28.2 Å². The van der Waals surface area contributed by atoms with Crippen LogP contribution in [0.4, 0.5) is 11.6 Å². The summed E-state index contributed by atoms with van der Waals surface area (Å²) in [6, 6.07) is 19.7. The zero-order chi connectivity index (χ0) is 19.8. The van der Waals surface area contributed by atoms with Crippen LogP contribution in [0.3, 0.4) is 0 Å². The number of aromatic nitrogens is 1. The van der Waals surface area contributed by atoms with Crippen LogP contribution in [0.2, 0.25) is 0 Å². The van der Waals surface area contributed by atoms with Crippen molar-refractivity contribution in [2.75, 3.05) is 23.3 Å². The van der Waals surface area contributed by atoms with Crippen LogP contribution in [0.15, 0.2) is 66.9 Å². The van der Waals surface area contributed by atoms with Crippen molar-refractivity contribution in [3.05, 3.63) is 78.0 Å². The molecule has 2 fully saturated rings. The Morgan fingerprint density at radius 3 is 2.45 bits per heavy atom. The highest BCUT2D eigenvalue weighted by Crippen LogP contribution is 2.53. The van der Waals surface area contributed by atoms with Gasteiger partial charge in [-0.1, -0.05) is 60.7 Å². The average Bonchev–Trinajstić information content (AvgIpc) is 3.56. The molecular weight excluding hydrogens is 354 g/mol. The molecule has 148 valence electrons. The van der Waals surface area contributed by atoms with Gasteiger partial charge in [-0.25, -0.2) is 4.98 Å². The molecule has 1 aromatic heterocycles. The second-order valence-electron chi connectivity index (χ2n) is 8.65. The monoisotopic (exact) mass is 383 g/mol. The van der Waals surface area contributed by atoms with Crippen LogP contribution < -0.4 is 10.2 Å². The molecule has 2 aromatic carbocycles. The molecule has 0 atom stereocenters. The molecule has 1 aliphatic carbocycles. The summed E-state index contributed by atoms with van der Waals surface area (Å²) in [6.07, 6.45) is 6.11. The second-order valence-corrected chi connectivity index (χ2v) is 8.65. The van der Waals surface area contributed by atoms with Gasteiger partial charge in [0, 0.05) is 29.6 Å². The lowest BCUT2D eigenvalue weighted by atomic mass is 9.92. The van der Waals surface area contributed by atoms with E-state index in [-0.39, 0.29) is 5.41 Å². The van der Waals surface area contributed by atoms with Crippen LogP contribution in [-0.2, 0) is 5.41 Å². The van der Waals surface area contributed by atoms with Gasteiger partial charge in [0.2, 0.25) is 0 Å². The lowest BCUT2D eigenvalue weighted by Gasteiger charge is -2.29. The molecule has 1 saturated heterocycles. The Kier molecular flexibility index (Phi) is 4.54. The van der Waals surface area contributed by atoms with E-state index < -0.39 is 0 Å².